The Hall–Kier alpha value is -2.62. The van der Waals surface area contributed by atoms with Crippen LogP contribution in [0, 0.1) is 0 Å². The molecule has 3 rings (SSSR count). The van der Waals surface area contributed by atoms with Crippen LogP contribution in [-0.2, 0) is 27.2 Å². The quantitative estimate of drug-likeness (QED) is 0.347. The Morgan fingerprint density at radius 2 is 1.43 bits per heavy atom. The SMILES string of the molecule is COC(=O)CCCCCCCON=C1c2ccccc2CCc2ccccc21. The largest absolute Gasteiger partial charge is 0.469 e. The number of oxime groups is 1. The second-order valence-corrected chi connectivity index (χ2v) is 7.18. The van der Waals surface area contributed by atoms with Crippen LogP contribution in [0.5, 0.6) is 0 Å². The molecule has 0 fully saturated rings. The predicted molar refractivity (Wildman–Crippen MR) is 112 cm³/mol. The van der Waals surface area contributed by atoms with Gasteiger partial charge in [-0.25, -0.2) is 0 Å². The van der Waals surface area contributed by atoms with Gasteiger partial charge in [-0.3, -0.25) is 4.79 Å². The van der Waals surface area contributed by atoms with E-state index in [1.165, 1.54) is 29.4 Å². The molecule has 1 aliphatic carbocycles. The first kappa shape index (κ1) is 20.1. The highest BCUT2D eigenvalue weighted by Crippen LogP contribution is 2.25. The highest BCUT2D eigenvalue weighted by molar-refractivity contribution is 6.14. The van der Waals surface area contributed by atoms with Crippen molar-refractivity contribution >= 4 is 11.7 Å². The van der Waals surface area contributed by atoms with Gasteiger partial charge >= 0.3 is 5.97 Å². The summed E-state index contributed by atoms with van der Waals surface area (Å²) >= 11 is 0. The molecule has 4 nitrogen and oxygen atoms in total. The Bertz CT molecular complexity index is 764. The third kappa shape index (κ3) is 5.44. The van der Waals surface area contributed by atoms with Gasteiger partial charge in [0.1, 0.15) is 12.3 Å². The molecule has 2 aromatic carbocycles. The Kier molecular flexibility index (Phi) is 7.65. The van der Waals surface area contributed by atoms with E-state index >= 15 is 0 Å². The van der Waals surface area contributed by atoms with Crippen molar-refractivity contribution < 1.29 is 14.4 Å². The summed E-state index contributed by atoms with van der Waals surface area (Å²) < 4.78 is 4.65. The molecule has 0 saturated carbocycles. The number of hydrogen-bond donors (Lipinski definition) is 0. The Morgan fingerprint density at radius 1 is 0.857 bits per heavy atom. The standard InChI is InChI=1S/C24H29NO3/c1-27-23(26)15-5-3-2-4-10-18-28-25-24-21-13-8-6-11-19(21)16-17-20-12-7-9-14-22(20)24/h6-9,11-14H,2-5,10,15-18H2,1H3. The van der Waals surface area contributed by atoms with Crippen molar-refractivity contribution in [3.63, 3.8) is 0 Å². The molecule has 2 aromatic rings. The zero-order valence-electron chi connectivity index (χ0n) is 16.7. The lowest BCUT2D eigenvalue weighted by atomic mass is 9.98. The number of carbonyl (C=O) groups excluding carboxylic acids is 1. The monoisotopic (exact) mass is 379 g/mol. The van der Waals surface area contributed by atoms with Crippen LogP contribution in [0.2, 0.25) is 0 Å². The number of ether oxygens (including phenoxy) is 1. The Labute approximate surface area is 167 Å². The molecule has 148 valence electrons. The van der Waals surface area contributed by atoms with E-state index < -0.39 is 0 Å². The van der Waals surface area contributed by atoms with E-state index in [-0.39, 0.29) is 5.97 Å². The van der Waals surface area contributed by atoms with Crippen LogP contribution in [0.3, 0.4) is 0 Å². The molecule has 4 heteroatoms. The number of hydrogen-bond acceptors (Lipinski definition) is 4. The van der Waals surface area contributed by atoms with Gasteiger partial charge in [-0.05, 0) is 43.2 Å². The first-order valence-electron chi connectivity index (χ1n) is 10.2. The van der Waals surface area contributed by atoms with Gasteiger partial charge in [0.05, 0.1) is 7.11 Å². The molecule has 0 atom stereocenters. The second-order valence-electron chi connectivity index (χ2n) is 7.18. The van der Waals surface area contributed by atoms with Crippen LogP contribution >= 0.6 is 0 Å². The molecule has 1 aliphatic rings. The van der Waals surface area contributed by atoms with Gasteiger partial charge in [0.2, 0.25) is 0 Å². The lowest BCUT2D eigenvalue weighted by molar-refractivity contribution is -0.140. The second kappa shape index (κ2) is 10.6. The topological polar surface area (TPSA) is 47.9 Å². The fourth-order valence-corrected chi connectivity index (χ4v) is 3.63. The number of carbonyl (C=O) groups is 1. The molecule has 0 N–H and O–H groups in total. The molecular formula is C24H29NO3. The van der Waals surface area contributed by atoms with Crippen molar-refractivity contribution in [2.45, 2.75) is 51.4 Å². The normalized spacial score (nSPS) is 12.5. The van der Waals surface area contributed by atoms with E-state index in [0.29, 0.717) is 13.0 Å². The third-order valence-electron chi connectivity index (χ3n) is 5.21. The van der Waals surface area contributed by atoms with Gasteiger partial charge in [0, 0.05) is 17.5 Å². The van der Waals surface area contributed by atoms with E-state index in [2.05, 4.69) is 58.4 Å². The van der Waals surface area contributed by atoms with Crippen molar-refractivity contribution in [1.29, 1.82) is 0 Å². The summed E-state index contributed by atoms with van der Waals surface area (Å²) in [7, 11) is 1.44. The van der Waals surface area contributed by atoms with Gasteiger partial charge in [0.25, 0.3) is 0 Å². The van der Waals surface area contributed by atoms with E-state index in [1.54, 1.807) is 0 Å². The molecule has 0 heterocycles. The molecule has 0 amide bonds. The predicted octanol–water partition coefficient (Wildman–Crippen LogP) is 5.07. The molecular weight excluding hydrogens is 350 g/mol. The fourth-order valence-electron chi connectivity index (χ4n) is 3.63. The summed E-state index contributed by atoms with van der Waals surface area (Å²) in [6, 6.07) is 17.0. The van der Waals surface area contributed by atoms with Crippen LogP contribution in [0.1, 0.15) is 60.8 Å². The average Bonchev–Trinajstić information content (AvgIpc) is 2.89. The minimum atomic E-state index is -0.122. The summed E-state index contributed by atoms with van der Waals surface area (Å²) in [5, 5.41) is 4.55. The van der Waals surface area contributed by atoms with Crippen LogP contribution in [0.25, 0.3) is 0 Å². The number of esters is 1. The van der Waals surface area contributed by atoms with Crippen molar-refractivity contribution in [3.05, 3.63) is 70.8 Å². The zero-order chi connectivity index (χ0) is 19.6. The molecule has 0 radical (unpaired) electrons. The van der Waals surface area contributed by atoms with Gasteiger partial charge in [-0.1, -0.05) is 66.5 Å². The molecule has 0 aromatic heterocycles. The van der Waals surface area contributed by atoms with Crippen LogP contribution in [-0.4, -0.2) is 25.4 Å². The number of nitrogens with zero attached hydrogens (tertiary/aromatic N) is 1. The minimum Gasteiger partial charge on any atom is -0.469 e. The molecule has 0 saturated heterocycles. The lowest BCUT2D eigenvalue weighted by Gasteiger charge is -2.10. The number of aryl methyl sites for hydroxylation is 2. The number of methoxy groups -OCH3 is 1. The van der Waals surface area contributed by atoms with E-state index in [4.69, 9.17) is 4.84 Å². The zero-order valence-corrected chi connectivity index (χ0v) is 16.7. The van der Waals surface area contributed by atoms with Crippen molar-refractivity contribution in [2.75, 3.05) is 13.7 Å². The van der Waals surface area contributed by atoms with E-state index in [0.717, 1.165) is 50.7 Å². The summed E-state index contributed by atoms with van der Waals surface area (Å²) in [6.07, 6.45) is 7.66. The first-order chi connectivity index (χ1) is 13.8. The minimum absolute atomic E-state index is 0.122. The van der Waals surface area contributed by atoms with Crippen LogP contribution in [0.15, 0.2) is 53.7 Å². The average molecular weight is 380 g/mol. The number of rotatable bonds is 9. The highest BCUT2D eigenvalue weighted by atomic mass is 16.6. The van der Waals surface area contributed by atoms with Crippen molar-refractivity contribution in [3.8, 4) is 0 Å². The molecule has 0 spiro atoms. The van der Waals surface area contributed by atoms with Gasteiger partial charge in [0.15, 0.2) is 0 Å². The van der Waals surface area contributed by atoms with Gasteiger partial charge in [-0.15, -0.1) is 0 Å². The molecule has 0 bridgehead atoms. The van der Waals surface area contributed by atoms with E-state index in [9.17, 15) is 4.79 Å². The maximum absolute atomic E-state index is 11.1. The summed E-state index contributed by atoms with van der Waals surface area (Å²) in [6.45, 7) is 0.616. The smallest absolute Gasteiger partial charge is 0.305 e. The van der Waals surface area contributed by atoms with Gasteiger partial charge < -0.3 is 9.57 Å². The summed E-state index contributed by atoms with van der Waals surface area (Å²) in [5.41, 5.74) is 5.95. The number of fused-ring (bicyclic) bond motifs is 2. The third-order valence-corrected chi connectivity index (χ3v) is 5.21. The summed E-state index contributed by atoms with van der Waals surface area (Å²) in [5.74, 6) is -0.122. The van der Waals surface area contributed by atoms with Crippen LogP contribution in [0.4, 0.5) is 0 Å². The molecule has 0 aliphatic heterocycles. The first-order valence-corrected chi connectivity index (χ1v) is 10.2. The molecule has 0 unspecified atom stereocenters. The van der Waals surface area contributed by atoms with E-state index in [1.807, 2.05) is 0 Å². The number of unbranched alkanes of at least 4 members (excludes halogenated alkanes) is 4. The fraction of sp³-hybridized carbons (Fsp3) is 0.417. The highest BCUT2D eigenvalue weighted by Gasteiger charge is 2.19. The Balaban J connectivity index is 1.53. The maximum Gasteiger partial charge on any atom is 0.305 e. The molecule has 28 heavy (non-hydrogen) atoms. The Morgan fingerprint density at radius 3 is 2.07 bits per heavy atom. The lowest BCUT2D eigenvalue weighted by Crippen LogP contribution is -2.07. The maximum atomic E-state index is 11.1. The number of benzene rings is 2. The van der Waals surface area contributed by atoms with Crippen LogP contribution < -0.4 is 0 Å². The van der Waals surface area contributed by atoms with Gasteiger partial charge in [-0.2, -0.15) is 0 Å². The summed E-state index contributed by atoms with van der Waals surface area (Å²) in [4.78, 5) is 16.8. The van der Waals surface area contributed by atoms with Crippen molar-refractivity contribution in [1.82, 2.24) is 0 Å². The van der Waals surface area contributed by atoms with Crippen molar-refractivity contribution in [2.24, 2.45) is 5.16 Å².